The molecule has 2 aromatic heterocycles. The summed E-state index contributed by atoms with van der Waals surface area (Å²) in [7, 11) is -3.09. The molecule has 0 spiro atoms. The Hall–Kier alpha value is -7.20. The Kier molecular flexibility index (Phi) is 7.63. The quantitative estimate of drug-likeness (QED) is 0.117. The summed E-state index contributed by atoms with van der Waals surface area (Å²) < 4.78 is 5.05. The molecule has 0 amide bonds. The zero-order chi connectivity index (χ0) is 40.0. The number of fused-ring (bicyclic) bond motifs is 9. The Morgan fingerprint density at radius 1 is 0.350 bits per heavy atom. The van der Waals surface area contributed by atoms with Gasteiger partial charge in [-0.25, -0.2) is 0 Å². The van der Waals surface area contributed by atoms with Crippen LogP contribution in [-0.2, 0) is 5.41 Å². The average molecular weight is 783 g/mol. The fraction of sp³-hybridized carbons (Fsp3) is 0.0526. The first-order chi connectivity index (χ1) is 29.5. The molecule has 1 aliphatic rings. The fourth-order valence-electron chi connectivity index (χ4n) is 10.8. The summed E-state index contributed by atoms with van der Waals surface area (Å²) in [5, 5.41) is 10.5. The summed E-state index contributed by atoms with van der Waals surface area (Å²) in [4.78, 5) is 0. The van der Waals surface area contributed by atoms with Crippen molar-refractivity contribution in [2.75, 3.05) is 0 Å². The van der Waals surface area contributed by atoms with Crippen molar-refractivity contribution in [2.45, 2.75) is 19.3 Å². The van der Waals surface area contributed by atoms with Crippen molar-refractivity contribution in [3.63, 3.8) is 0 Å². The number of nitrogens with zero attached hydrogens (tertiary/aromatic N) is 2. The molecule has 0 saturated heterocycles. The minimum atomic E-state index is -3.09. The van der Waals surface area contributed by atoms with Gasteiger partial charge in [0.2, 0.25) is 0 Å². The third kappa shape index (κ3) is 4.81. The molecular formula is C57H42N2Si. The zero-order valence-corrected chi connectivity index (χ0v) is 34.7. The van der Waals surface area contributed by atoms with Crippen molar-refractivity contribution in [3.05, 3.63) is 230 Å². The first-order valence-electron chi connectivity index (χ1n) is 21.0. The van der Waals surface area contributed by atoms with Gasteiger partial charge >= 0.3 is 0 Å². The van der Waals surface area contributed by atoms with Crippen LogP contribution in [0.4, 0.5) is 0 Å². The summed E-state index contributed by atoms with van der Waals surface area (Å²) in [6.07, 6.45) is 0. The number of aromatic nitrogens is 2. The largest absolute Gasteiger partial charge is 0.309 e. The topological polar surface area (TPSA) is 9.86 Å². The number of benzene rings is 9. The third-order valence-corrected chi connectivity index (χ3v) is 18.2. The molecule has 1 aliphatic carbocycles. The fourth-order valence-corrected chi connectivity index (χ4v) is 15.8. The van der Waals surface area contributed by atoms with Gasteiger partial charge in [0.05, 0.1) is 22.1 Å². The molecule has 12 rings (SSSR count). The summed E-state index contributed by atoms with van der Waals surface area (Å²) in [5.74, 6) is 0. The molecule has 2 heterocycles. The van der Waals surface area contributed by atoms with Crippen LogP contribution in [0.3, 0.4) is 0 Å². The predicted octanol–water partition coefficient (Wildman–Crippen LogP) is 11.6. The number of para-hydroxylation sites is 4. The Labute approximate surface area is 351 Å². The average Bonchev–Trinajstić information content (AvgIpc) is 3.90. The van der Waals surface area contributed by atoms with Crippen molar-refractivity contribution < 1.29 is 0 Å². The molecule has 284 valence electrons. The van der Waals surface area contributed by atoms with Gasteiger partial charge in [-0.3, -0.25) is 0 Å². The molecule has 0 atom stereocenters. The van der Waals surface area contributed by atoms with Crippen molar-refractivity contribution in [1.29, 1.82) is 0 Å². The van der Waals surface area contributed by atoms with Crippen LogP contribution in [0.25, 0.3) is 66.1 Å². The third-order valence-electron chi connectivity index (χ3n) is 13.4. The first kappa shape index (κ1) is 34.8. The van der Waals surface area contributed by atoms with E-state index in [-0.39, 0.29) is 5.41 Å². The van der Waals surface area contributed by atoms with E-state index >= 15 is 0 Å². The molecule has 2 nitrogen and oxygen atoms in total. The van der Waals surface area contributed by atoms with Gasteiger partial charge in [-0.2, -0.15) is 0 Å². The maximum absolute atomic E-state index is 3.09. The van der Waals surface area contributed by atoms with Crippen molar-refractivity contribution in [2.24, 2.45) is 0 Å². The van der Waals surface area contributed by atoms with Crippen LogP contribution >= 0.6 is 0 Å². The van der Waals surface area contributed by atoms with E-state index in [0.717, 1.165) is 5.69 Å². The molecule has 3 heteroatoms. The van der Waals surface area contributed by atoms with Crippen LogP contribution in [0.2, 0.25) is 0 Å². The minimum Gasteiger partial charge on any atom is -0.309 e. The first-order valence-corrected chi connectivity index (χ1v) is 23.0. The maximum atomic E-state index is 2.53. The Bertz CT molecular complexity index is 3410. The van der Waals surface area contributed by atoms with Crippen LogP contribution in [0.15, 0.2) is 218 Å². The van der Waals surface area contributed by atoms with Crippen LogP contribution in [0.1, 0.15) is 25.0 Å². The number of hydrogen-bond donors (Lipinski definition) is 0. The van der Waals surface area contributed by atoms with Gasteiger partial charge in [0, 0.05) is 38.3 Å². The van der Waals surface area contributed by atoms with Crippen LogP contribution < -0.4 is 20.7 Å². The molecule has 0 aliphatic heterocycles. The van der Waals surface area contributed by atoms with Gasteiger partial charge in [-0.05, 0) is 91.5 Å². The van der Waals surface area contributed by atoms with Crippen LogP contribution in [0, 0.1) is 0 Å². The molecule has 11 aromatic rings. The lowest BCUT2D eigenvalue weighted by atomic mass is 9.82. The second kappa shape index (κ2) is 13.2. The van der Waals surface area contributed by atoms with E-state index in [1.807, 2.05) is 0 Å². The molecular weight excluding hydrogens is 741 g/mol. The van der Waals surface area contributed by atoms with Gasteiger partial charge in [-0.15, -0.1) is 0 Å². The van der Waals surface area contributed by atoms with Crippen LogP contribution in [-0.4, -0.2) is 17.2 Å². The SMILES string of the molecule is CC1(C)c2ccccc2-c2cc3c4ccccc4n(-c4cccc([Si](c5ccccc5)(c5ccccc5)c5cccc6c7ccccc7n(-c7ccccc7)c56)c4)c3cc21. The zero-order valence-electron chi connectivity index (χ0n) is 33.7. The van der Waals surface area contributed by atoms with E-state index in [9.17, 15) is 0 Å². The van der Waals surface area contributed by atoms with E-state index in [0.29, 0.717) is 0 Å². The normalized spacial score (nSPS) is 13.3. The lowest BCUT2D eigenvalue weighted by molar-refractivity contribution is 0.661. The maximum Gasteiger partial charge on any atom is 0.181 e. The molecule has 0 unspecified atom stereocenters. The van der Waals surface area contributed by atoms with E-state index in [2.05, 4.69) is 241 Å². The van der Waals surface area contributed by atoms with E-state index < -0.39 is 8.07 Å². The highest BCUT2D eigenvalue weighted by Crippen LogP contribution is 2.51. The highest BCUT2D eigenvalue weighted by Gasteiger charge is 2.44. The number of rotatable bonds is 6. The molecule has 0 fully saturated rings. The molecule has 0 N–H and O–H groups in total. The molecule has 60 heavy (non-hydrogen) atoms. The Balaban J connectivity index is 1.20. The summed E-state index contributed by atoms with van der Waals surface area (Å²) in [6, 6.07) is 82.1. The molecule has 9 aromatic carbocycles. The standard InChI is InChI=1S/C57H42N2Si/c1-57(2)50-32-15-12-28-44(50)48-37-49-46-30-14-16-33-52(46)58(54(49)38-51(48)57)40-22-18-27-43(36-40)60(41-23-8-4-9-24-41,42-25-10-5-11-26-42)55-35-19-31-47-45-29-13-17-34-53(45)59(56(47)55)39-20-6-3-7-21-39/h3-38H,1-2H3. The van der Waals surface area contributed by atoms with Gasteiger partial charge in [0.15, 0.2) is 8.07 Å². The highest BCUT2D eigenvalue weighted by atomic mass is 28.3. The monoisotopic (exact) mass is 782 g/mol. The second-order valence-electron chi connectivity index (χ2n) is 16.9. The van der Waals surface area contributed by atoms with Gasteiger partial charge in [0.25, 0.3) is 0 Å². The van der Waals surface area contributed by atoms with E-state index in [4.69, 9.17) is 0 Å². The number of hydrogen-bond acceptors (Lipinski definition) is 0. The Morgan fingerprint density at radius 2 is 0.883 bits per heavy atom. The van der Waals surface area contributed by atoms with Crippen LogP contribution in [0.5, 0.6) is 0 Å². The van der Waals surface area contributed by atoms with Gasteiger partial charge in [-0.1, -0.05) is 184 Å². The molecule has 0 bridgehead atoms. The predicted molar refractivity (Wildman–Crippen MR) is 256 cm³/mol. The molecule has 0 radical (unpaired) electrons. The minimum absolute atomic E-state index is 0.109. The molecule has 0 saturated carbocycles. The van der Waals surface area contributed by atoms with E-state index in [1.165, 1.54) is 92.3 Å². The summed E-state index contributed by atoms with van der Waals surface area (Å²) in [5.41, 5.74) is 12.6. The van der Waals surface area contributed by atoms with Gasteiger partial charge in [0.1, 0.15) is 0 Å². The van der Waals surface area contributed by atoms with Crippen molar-refractivity contribution in [3.8, 4) is 22.5 Å². The summed E-state index contributed by atoms with van der Waals surface area (Å²) in [6.45, 7) is 4.76. The summed E-state index contributed by atoms with van der Waals surface area (Å²) >= 11 is 0. The van der Waals surface area contributed by atoms with Gasteiger partial charge < -0.3 is 9.13 Å². The van der Waals surface area contributed by atoms with Crippen molar-refractivity contribution >= 4 is 72.4 Å². The second-order valence-corrected chi connectivity index (χ2v) is 20.6. The smallest absolute Gasteiger partial charge is 0.181 e. The van der Waals surface area contributed by atoms with E-state index in [1.54, 1.807) is 0 Å². The lowest BCUT2D eigenvalue weighted by Gasteiger charge is -2.35. The lowest BCUT2D eigenvalue weighted by Crippen LogP contribution is -2.75. The highest BCUT2D eigenvalue weighted by molar-refractivity contribution is 7.20. The van der Waals surface area contributed by atoms with Crippen molar-refractivity contribution in [1.82, 2.24) is 9.13 Å². The Morgan fingerprint density at radius 3 is 1.60 bits per heavy atom.